The molecule has 0 aromatic heterocycles. The number of aryl methyl sites for hydroxylation is 2. The van der Waals surface area contributed by atoms with E-state index in [9.17, 15) is 0 Å². The molecule has 0 amide bonds. The summed E-state index contributed by atoms with van der Waals surface area (Å²) < 4.78 is 5.44. The fourth-order valence-electron chi connectivity index (χ4n) is 3.59. The van der Waals surface area contributed by atoms with Crippen molar-refractivity contribution in [2.75, 3.05) is 20.2 Å². The van der Waals surface area contributed by atoms with Crippen LogP contribution in [-0.2, 0) is 0 Å². The molecule has 2 atom stereocenters. The van der Waals surface area contributed by atoms with Crippen LogP contribution < -0.4 is 10.1 Å². The first kappa shape index (κ1) is 15.4. The number of hydrogen-bond acceptors (Lipinski definition) is 2. The van der Waals surface area contributed by atoms with Gasteiger partial charge in [0.25, 0.3) is 0 Å². The van der Waals surface area contributed by atoms with Crippen molar-refractivity contribution in [2.24, 2.45) is 5.92 Å². The molecule has 1 fully saturated rings. The minimum absolute atomic E-state index is 0.726. The molecule has 2 nitrogen and oxygen atoms in total. The molecule has 1 aliphatic carbocycles. The maximum Gasteiger partial charge on any atom is 0.122 e. The first-order valence-electron chi connectivity index (χ1n) is 8.03. The molecule has 1 N–H and O–H groups in total. The Kier molecular flexibility index (Phi) is 5.47. The second-order valence-electron chi connectivity index (χ2n) is 6.18. The quantitative estimate of drug-likeness (QED) is 0.786. The SMILES string of the molecule is CCCNCC1CCCC1c1cc(C)c(OC)cc1C. The van der Waals surface area contributed by atoms with Crippen LogP contribution in [-0.4, -0.2) is 20.2 Å². The average Bonchev–Trinajstić information content (AvgIpc) is 2.89. The summed E-state index contributed by atoms with van der Waals surface area (Å²) in [5, 5.41) is 3.61. The van der Waals surface area contributed by atoms with Crippen molar-refractivity contribution in [2.45, 2.75) is 52.4 Å². The van der Waals surface area contributed by atoms with Gasteiger partial charge in [-0.3, -0.25) is 0 Å². The summed E-state index contributed by atoms with van der Waals surface area (Å²) in [6.45, 7) is 8.93. The summed E-state index contributed by atoms with van der Waals surface area (Å²) >= 11 is 0. The van der Waals surface area contributed by atoms with Crippen molar-refractivity contribution in [1.82, 2.24) is 5.32 Å². The highest BCUT2D eigenvalue weighted by Crippen LogP contribution is 2.41. The highest BCUT2D eigenvalue weighted by molar-refractivity contribution is 5.43. The van der Waals surface area contributed by atoms with E-state index in [1.54, 1.807) is 12.7 Å². The number of ether oxygens (including phenoxy) is 1. The molecular weight excluding hydrogens is 246 g/mol. The van der Waals surface area contributed by atoms with Gasteiger partial charge in [0, 0.05) is 0 Å². The van der Waals surface area contributed by atoms with E-state index in [4.69, 9.17) is 4.74 Å². The standard InChI is InChI=1S/C18H29NO/c1-5-9-19-12-15-7-6-8-16(15)17-10-14(3)18(20-4)11-13(17)2/h10-11,15-16,19H,5-9,12H2,1-4H3. The maximum atomic E-state index is 5.44. The van der Waals surface area contributed by atoms with E-state index >= 15 is 0 Å². The van der Waals surface area contributed by atoms with E-state index < -0.39 is 0 Å². The molecule has 112 valence electrons. The molecule has 0 aliphatic heterocycles. The molecule has 20 heavy (non-hydrogen) atoms. The van der Waals surface area contributed by atoms with E-state index in [2.05, 4.69) is 38.2 Å². The molecule has 0 radical (unpaired) electrons. The highest BCUT2D eigenvalue weighted by atomic mass is 16.5. The Morgan fingerprint density at radius 1 is 1.20 bits per heavy atom. The van der Waals surface area contributed by atoms with Crippen LogP contribution in [0.2, 0.25) is 0 Å². The number of rotatable bonds is 6. The molecule has 1 aromatic rings. The Morgan fingerprint density at radius 2 is 2.00 bits per heavy atom. The summed E-state index contributed by atoms with van der Waals surface area (Å²) in [4.78, 5) is 0. The van der Waals surface area contributed by atoms with Gasteiger partial charge in [-0.15, -0.1) is 0 Å². The van der Waals surface area contributed by atoms with Crippen LogP contribution >= 0.6 is 0 Å². The van der Waals surface area contributed by atoms with Gasteiger partial charge in [0.05, 0.1) is 7.11 Å². The van der Waals surface area contributed by atoms with Crippen molar-refractivity contribution in [3.05, 3.63) is 28.8 Å². The topological polar surface area (TPSA) is 21.3 Å². The zero-order chi connectivity index (χ0) is 14.5. The molecule has 2 unspecified atom stereocenters. The predicted octanol–water partition coefficient (Wildman–Crippen LogP) is 4.20. The van der Waals surface area contributed by atoms with Gasteiger partial charge < -0.3 is 10.1 Å². The summed E-state index contributed by atoms with van der Waals surface area (Å²) in [5.41, 5.74) is 4.20. The lowest BCUT2D eigenvalue weighted by molar-refractivity contribution is 0.409. The first-order valence-corrected chi connectivity index (χ1v) is 8.03. The van der Waals surface area contributed by atoms with Crippen LogP contribution in [0.15, 0.2) is 12.1 Å². The van der Waals surface area contributed by atoms with Crippen molar-refractivity contribution in [3.8, 4) is 5.75 Å². The summed E-state index contributed by atoms with van der Waals surface area (Å²) in [7, 11) is 1.76. The van der Waals surface area contributed by atoms with E-state index in [1.807, 2.05) is 0 Å². The van der Waals surface area contributed by atoms with Crippen LogP contribution in [0, 0.1) is 19.8 Å². The van der Waals surface area contributed by atoms with Crippen LogP contribution in [0.5, 0.6) is 5.75 Å². The lowest BCUT2D eigenvalue weighted by atomic mass is 9.85. The van der Waals surface area contributed by atoms with Gasteiger partial charge in [0.15, 0.2) is 0 Å². The predicted molar refractivity (Wildman–Crippen MR) is 85.7 cm³/mol. The number of nitrogens with one attached hydrogen (secondary N) is 1. The van der Waals surface area contributed by atoms with Gasteiger partial charge in [0.1, 0.15) is 5.75 Å². The number of methoxy groups -OCH3 is 1. The first-order chi connectivity index (χ1) is 9.67. The van der Waals surface area contributed by atoms with Crippen LogP contribution in [0.25, 0.3) is 0 Å². The maximum absolute atomic E-state index is 5.44. The zero-order valence-electron chi connectivity index (χ0n) is 13.5. The molecule has 1 aromatic carbocycles. The van der Waals surface area contributed by atoms with Gasteiger partial charge in [-0.2, -0.15) is 0 Å². The van der Waals surface area contributed by atoms with Gasteiger partial charge >= 0.3 is 0 Å². The second kappa shape index (κ2) is 7.12. The van der Waals surface area contributed by atoms with Gasteiger partial charge in [0.2, 0.25) is 0 Å². The lowest BCUT2D eigenvalue weighted by Gasteiger charge is -2.23. The average molecular weight is 275 g/mol. The Labute approximate surface area is 123 Å². The van der Waals surface area contributed by atoms with Crippen molar-refractivity contribution in [1.29, 1.82) is 0 Å². The monoisotopic (exact) mass is 275 g/mol. The molecule has 0 bridgehead atoms. The molecule has 1 aliphatic rings. The minimum Gasteiger partial charge on any atom is -0.496 e. The smallest absolute Gasteiger partial charge is 0.122 e. The summed E-state index contributed by atoms with van der Waals surface area (Å²) in [5.74, 6) is 2.54. The third-order valence-corrected chi connectivity index (χ3v) is 4.68. The Balaban J connectivity index is 2.15. The Morgan fingerprint density at radius 3 is 2.70 bits per heavy atom. The fourth-order valence-corrected chi connectivity index (χ4v) is 3.59. The summed E-state index contributed by atoms with van der Waals surface area (Å²) in [6, 6.07) is 4.57. The minimum atomic E-state index is 0.726. The van der Waals surface area contributed by atoms with Crippen molar-refractivity contribution < 1.29 is 4.74 Å². The van der Waals surface area contributed by atoms with E-state index in [1.165, 1.54) is 43.4 Å². The molecule has 0 spiro atoms. The summed E-state index contributed by atoms with van der Waals surface area (Å²) in [6.07, 6.45) is 5.29. The number of hydrogen-bond donors (Lipinski definition) is 1. The zero-order valence-corrected chi connectivity index (χ0v) is 13.5. The molecule has 2 rings (SSSR count). The Bertz CT molecular complexity index is 441. The number of benzene rings is 1. The molecule has 2 heteroatoms. The van der Waals surface area contributed by atoms with Gasteiger partial charge in [-0.1, -0.05) is 19.4 Å². The van der Waals surface area contributed by atoms with Crippen molar-refractivity contribution in [3.63, 3.8) is 0 Å². The normalized spacial score (nSPS) is 22.2. The van der Waals surface area contributed by atoms with Crippen LogP contribution in [0.1, 0.15) is 55.2 Å². The van der Waals surface area contributed by atoms with Crippen LogP contribution in [0.3, 0.4) is 0 Å². The highest BCUT2D eigenvalue weighted by Gasteiger charge is 2.29. The lowest BCUT2D eigenvalue weighted by Crippen LogP contribution is -2.25. The molecule has 1 saturated carbocycles. The third-order valence-electron chi connectivity index (χ3n) is 4.68. The van der Waals surface area contributed by atoms with Gasteiger partial charge in [-0.05, 0) is 80.8 Å². The fraction of sp³-hybridized carbons (Fsp3) is 0.667. The largest absolute Gasteiger partial charge is 0.496 e. The van der Waals surface area contributed by atoms with Crippen LogP contribution in [0.4, 0.5) is 0 Å². The van der Waals surface area contributed by atoms with E-state index in [0.717, 1.165) is 24.1 Å². The Hall–Kier alpha value is -1.02. The van der Waals surface area contributed by atoms with Crippen molar-refractivity contribution >= 4 is 0 Å². The van der Waals surface area contributed by atoms with E-state index in [0.29, 0.717) is 0 Å². The third kappa shape index (κ3) is 3.35. The molecular formula is C18H29NO. The second-order valence-corrected chi connectivity index (χ2v) is 6.18. The van der Waals surface area contributed by atoms with E-state index in [-0.39, 0.29) is 0 Å². The van der Waals surface area contributed by atoms with Gasteiger partial charge in [-0.25, -0.2) is 0 Å². The molecule has 0 heterocycles. The molecule has 0 saturated heterocycles.